The molecule has 3 rings (SSSR count). The van der Waals surface area contributed by atoms with Gasteiger partial charge in [0.2, 0.25) is 0 Å². The van der Waals surface area contributed by atoms with E-state index in [1.54, 1.807) is 6.07 Å². The Balaban J connectivity index is 1.77. The van der Waals surface area contributed by atoms with Crippen molar-refractivity contribution in [3.63, 3.8) is 0 Å². The van der Waals surface area contributed by atoms with Gasteiger partial charge >= 0.3 is 12.1 Å². The molecule has 2 N–H and O–H groups in total. The number of hydrogen-bond donors (Lipinski definition) is 2. The third kappa shape index (κ3) is 5.84. The molecule has 0 saturated carbocycles. The first-order valence-corrected chi connectivity index (χ1v) is 9.87. The molecule has 0 aliphatic rings. The molecule has 3 aromatic rings. The summed E-state index contributed by atoms with van der Waals surface area (Å²) >= 11 is 0. The van der Waals surface area contributed by atoms with Gasteiger partial charge in [-0.1, -0.05) is 38.1 Å². The molecular weight excluding hydrogens is 405 g/mol. The maximum Gasteiger partial charge on any atom is 0.416 e. The van der Waals surface area contributed by atoms with Gasteiger partial charge in [0.1, 0.15) is 0 Å². The number of carboxylic acid groups (broad SMARTS) is 1. The number of aromatic nitrogens is 1. The average molecular weight is 428 g/mol. The first-order valence-electron chi connectivity index (χ1n) is 9.87. The second-order valence-electron chi connectivity index (χ2n) is 7.76. The minimum atomic E-state index is -4.35. The molecule has 1 atom stereocenters. The molecule has 31 heavy (non-hydrogen) atoms. The summed E-state index contributed by atoms with van der Waals surface area (Å²) in [7, 11) is 0. The Morgan fingerprint density at radius 3 is 2.00 bits per heavy atom. The standard InChI is InChI=1S/C24H23F3N2O2/c1-15(2)13-22(21-12-7-18(14-28-21)23(30)31)29-20-10-5-17(6-11-20)16-3-8-19(9-4-16)24(25,26)27/h3-12,14-15,22,29H,13H2,1-2H3,(H,30,31). The van der Waals surface area contributed by atoms with E-state index in [0.717, 1.165) is 35.5 Å². The summed E-state index contributed by atoms with van der Waals surface area (Å²) in [5.41, 5.74) is 2.55. The van der Waals surface area contributed by atoms with Crippen LogP contribution in [0.15, 0.2) is 66.9 Å². The number of alkyl halides is 3. The molecule has 1 unspecified atom stereocenters. The Hall–Kier alpha value is -3.35. The molecule has 7 heteroatoms. The van der Waals surface area contributed by atoms with Crippen molar-refractivity contribution in [1.82, 2.24) is 4.98 Å². The number of carbonyl (C=O) groups is 1. The quantitative estimate of drug-likeness (QED) is 0.441. The Bertz CT molecular complexity index is 1010. The molecule has 4 nitrogen and oxygen atoms in total. The van der Waals surface area contributed by atoms with Crippen molar-refractivity contribution in [2.24, 2.45) is 5.92 Å². The lowest BCUT2D eigenvalue weighted by atomic mass is 9.99. The van der Waals surface area contributed by atoms with Crippen LogP contribution in [0.4, 0.5) is 18.9 Å². The number of nitrogens with zero attached hydrogens (tertiary/aromatic N) is 1. The van der Waals surface area contributed by atoms with Gasteiger partial charge in [-0.25, -0.2) is 4.79 Å². The van der Waals surface area contributed by atoms with E-state index in [9.17, 15) is 18.0 Å². The lowest BCUT2D eigenvalue weighted by Gasteiger charge is -2.22. The molecular formula is C24H23F3N2O2. The number of rotatable bonds is 7. The summed E-state index contributed by atoms with van der Waals surface area (Å²) in [6.45, 7) is 4.18. The highest BCUT2D eigenvalue weighted by Gasteiger charge is 2.29. The van der Waals surface area contributed by atoms with Gasteiger partial charge in [-0.15, -0.1) is 0 Å². The van der Waals surface area contributed by atoms with Crippen LogP contribution < -0.4 is 5.32 Å². The lowest BCUT2D eigenvalue weighted by molar-refractivity contribution is -0.137. The molecule has 0 radical (unpaired) electrons. The van der Waals surface area contributed by atoms with Crippen LogP contribution in [0.25, 0.3) is 11.1 Å². The van der Waals surface area contributed by atoms with Crippen LogP contribution in [-0.2, 0) is 6.18 Å². The first kappa shape index (κ1) is 22.3. The summed E-state index contributed by atoms with van der Waals surface area (Å²) in [6.07, 6.45) is -2.21. The zero-order valence-corrected chi connectivity index (χ0v) is 17.1. The van der Waals surface area contributed by atoms with Crippen molar-refractivity contribution >= 4 is 11.7 Å². The van der Waals surface area contributed by atoms with Gasteiger partial charge < -0.3 is 10.4 Å². The van der Waals surface area contributed by atoms with Gasteiger partial charge in [-0.05, 0) is 59.9 Å². The van der Waals surface area contributed by atoms with E-state index < -0.39 is 17.7 Å². The molecule has 1 aromatic heterocycles. The maximum atomic E-state index is 12.7. The van der Waals surface area contributed by atoms with E-state index in [4.69, 9.17) is 5.11 Å². The second-order valence-corrected chi connectivity index (χ2v) is 7.76. The third-order valence-corrected chi connectivity index (χ3v) is 4.87. The van der Waals surface area contributed by atoms with E-state index in [1.165, 1.54) is 24.4 Å². The number of carboxylic acids is 1. The topological polar surface area (TPSA) is 62.2 Å². The predicted molar refractivity (Wildman–Crippen MR) is 114 cm³/mol. The molecule has 0 bridgehead atoms. The molecule has 0 fully saturated rings. The molecule has 0 aliphatic carbocycles. The highest BCUT2D eigenvalue weighted by atomic mass is 19.4. The van der Waals surface area contributed by atoms with Crippen molar-refractivity contribution < 1.29 is 23.1 Å². The summed E-state index contributed by atoms with van der Waals surface area (Å²) < 4.78 is 38.2. The normalized spacial score (nSPS) is 12.6. The molecule has 0 amide bonds. The van der Waals surface area contributed by atoms with Crippen molar-refractivity contribution in [2.75, 3.05) is 5.32 Å². The van der Waals surface area contributed by atoms with Gasteiger partial charge in [0.05, 0.1) is 22.9 Å². The number of pyridine rings is 1. The second kappa shape index (κ2) is 9.20. The average Bonchev–Trinajstić information content (AvgIpc) is 2.73. The van der Waals surface area contributed by atoms with Crippen LogP contribution in [0.2, 0.25) is 0 Å². The Kier molecular flexibility index (Phi) is 6.63. The Morgan fingerprint density at radius 1 is 0.968 bits per heavy atom. The fraction of sp³-hybridized carbons (Fsp3) is 0.250. The smallest absolute Gasteiger partial charge is 0.416 e. The van der Waals surface area contributed by atoms with Gasteiger partial charge in [-0.2, -0.15) is 13.2 Å². The van der Waals surface area contributed by atoms with E-state index in [1.807, 2.05) is 24.3 Å². The van der Waals surface area contributed by atoms with E-state index in [-0.39, 0.29) is 11.6 Å². The van der Waals surface area contributed by atoms with Crippen molar-refractivity contribution in [3.8, 4) is 11.1 Å². The largest absolute Gasteiger partial charge is 0.478 e. The van der Waals surface area contributed by atoms with E-state index >= 15 is 0 Å². The molecule has 1 heterocycles. The number of nitrogens with one attached hydrogen (secondary N) is 1. The summed E-state index contributed by atoms with van der Waals surface area (Å²) in [5, 5.41) is 12.5. The highest BCUT2D eigenvalue weighted by molar-refractivity contribution is 5.87. The zero-order valence-electron chi connectivity index (χ0n) is 17.1. The molecule has 0 spiro atoms. The fourth-order valence-corrected chi connectivity index (χ4v) is 3.27. The first-order chi connectivity index (χ1) is 14.6. The third-order valence-electron chi connectivity index (χ3n) is 4.87. The maximum absolute atomic E-state index is 12.7. The number of aromatic carboxylic acids is 1. The van der Waals surface area contributed by atoms with Crippen molar-refractivity contribution in [1.29, 1.82) is 0 Å². The minimum absolute atomic E-state index is 0.111. The van der Waals surface area contributed by atoms with Crippen LogP contribution >= 0.6 is 0 Å². The fourth-order valence-electron chi connectivity index (χ4n) is 3.27. The Morgan fingerprint density at radius 2 is 1.55 bits per heavy atom. The summed E-state index contributed by atoms with van der Waals surface area (Å²) in [4.78, 5) is 15.4. The number of anilines is 1. The predicted octanol–water partition coefficient (Wildman–Crippen LogP) is 6.66. The van der Waals surface area contributed by atoms with E-state index in [0.29, 0.717) is 11.5 Å². The van der Waals surface area contributed by atoms with Crippen molar-refractivity contribution in [2.45, 2.75) is 32.5 Å². The van der Waals surface area contributed by atoms with Gasteiger partial charge in [0, 0.05) is 11.9 Å². The SMILES string of the molecule is CC(C)CC(Nc1ccc(-c2ccc(C(F)(F)F)cc2)cc1)c1ccc(C(=O)O)cn1. The molecule has 162 valence electrons. The Labute approximate surface area is 178 Å². The van der Waals surface area contributed by atoms with Gasteiger partial charge in [0.15, 0.2) is 0 Å². The summed E-state index contributed by atoms with van der Waals surface area (Å²) in [5.74, 6) is -0.642. The van der Waals surface area contributed by atoms with Crippen LogP contribution in [0, 0.1) is 5.92 Å². The van der Waals surface area contributed by atoms with Crippen LogP contribution in [0.1, 0.15) is 47.9 Å². The van der Waals surface area contributed by atoms with Crippen molar-refractivity contribution in [3.05, 3.63) is 83.7 Å². The highest BCUT2D eigenvalue weighted by Crippen LogP contribution is 2.32. The van der Waals surface area contributed by atoms with E-state index in [2.05, 4.69) is 24.1 Å². The van der Waals surface area contributed by atoms with Crippen LogP contribution in [-0.4, -0.2) is 16.1 Å². The monoisotopic (exact) mass is 428 g/mol. The number of benzene rings is 2. The van der Waals surface area contributed by atoms with Gasteiger partial charge in [-0.3, -0.25) is 4.98 Å². The minimum Gasteiger partial charge on any atom is -0.478 e. The van der Waals surface area contributed by atoms with Crippen LogP contribution in [0.3, 0.4) is 0 Å². The van der Waals surface area contributed by atoms with Crippen LogP contribution in [0.5, 0.6) is 0 Å². The molecule has 2 aromatic carbocycles. The molecule has 0 saturated heterocycles. The number of halogens is 3. The zero-order chi connectivity index (χ0) is 22.6. The summed E-state index contributed by atoms with van der Waals surface area (Å²) in [6, 6.07) is 15.6. The number of hydrogen-bond acceptors (Lipinski definition) is 3. The molecule has 0 aliphatic heterocycles. The lowest BCUT2D eigenvalue weighted by Crippen LogP contribution is -2.15. The van der Waals surface area contributed by atoms with Gasteiger partial charge in [0.25, 0.3) is 0 Å².